The summed E-state index contributed by atoms with van der Waals surface area (Å²) < 4.78 is 98.5. The maximum atomic E-state index is 14.5. The van der Waals surface area contributed by atoms with E-state index >= 15 is 0 Å². The van der Waals surface area contributed by atoms with E-state index in [0.717, 1.165) is 30.3 Å². The van der Waals surface area contributed by atoms with Crippen molar-refractivity contribution >= 4 is 23.3 Å². The third-order valence-corrected chi connectivity index (χ3v) is 4.56. The predicted octanol–water partition coefficient (Wildman–Crippen LogP) is 5.69. The lowest BCUT2D eigenvalue weighted by atomic mass is 9.77. The van der Waals surface area contributed by atoms with Gasteiger partial charge in [0, 0.05) is 21.8 Å². The minimum absolute atomic E-state index is 0.257. The lowest BCUT2D eigenvalue weighted by Crippen LogP contribution is -2.66. The van der Waals surface area contributed by atoms with E-state index in [9.17, 15) is 35.5 Å². The largest absolute Gasteiger partial charge is 0.420 e. The van der Waals surface area contributed by atoms with Crippen LogP contribution in [0.15, 0.2) is 42.5 Å². The Hall–Kier alpha value is -2.49. The molecule has 0 bridgehead atoms. The average molecular weight is 427 g/mol. The van der Waals surface area contributed by atoms with Crippen molar-refractivity contribution in [1.82, 2.24) is 4.90 Å². The zero-order valence-corrected chi connectivity index (χ0v) is 14.3. The maximum Gasteiger partial charge on any atom is 0.420 e. The molecule has 0 fully saturated rings. The molecular weight excluding hydrogens is 417 g/mol. The number of amides is 2. The number of nitrogens with one attached hydrogen (secondary N) is 1. The van der Waals surface area contributed by atoms with Gasteiger partial charge in [0.1, 0.15) is 5.82 Å². The van der Waals surface area contributed by atoms with Crippen LogP contribution in [0.2, 0.25) is 5.02 Å². The van der Waals surface area contributed by atoms with Crippen molar-refractivity contribution in [1.29, 1.82) is 0 Å². The second kappa shape index (κ2) is 6.84. The van der Waals surface area contributed by atoms with Crippen molar-refractivity contribution in [3.05, 3.63) is 64.4 Å². The molecule has 1 N–H and O–H groups in total. The highest BCUT2D eigenvalue weighted by atomic mass is 35.5. The molecule has 2 aromatic carbocycles. The third kappa shape index (κ3) is 2.86. The lowest BCUT2D eigenvalue weighted by molar-refractivity contribution is -0.235. The normalized spacial score (nSPS) is 20.8. The summed E-state index contributed by atoms with van der Waals surface area (Å²) >= 11 is 5.77. The summed E-state index contributed by atoms with van der Waals surface area (Å²) in [5.74, 6) is -1.47. The number of rotatable bonds is 3. The van der Waals surface area contributed by atoms with Gasteiger partial charge in [0.15, 0.2) is 5.54 Å². The van der Waals surface area contributed by atoms with E-state index in [-0.39, 0.29) is 5.02 Å². The monoisotopic (exact) mass is 426 g/mol. The number of carbonyl (C=O) groups is 1. The first-order valence-corrected chi connectivity index (χ1v) is 8.04. The summed E-state index contributed by atoms with van der Waals surface area (Å²) in [4.78, 5) is 11.6. The maximum absolute atomic E-state index is 14.5. The molecule has 28 heavy (non-hydrogen) atoms. The van der Waals surface area contributed by atoms with Crippen LogP contribution in [0.5, 0.6) is 0 Å². The molecule has 11 heteroatoms. The Morgan fingerprint density at radius 3 is 2.25 bits per heavy atom. The van der Waals surface area contributed by atoms with Gasteiger partial charge in [0.2, 0.25) is 6.30 Å². The van der Waals surface area contributed by atoms with Crippen LogP contribution in [0, 0.1) is 5.82 Å². The molecule has 0 saturated carbocycles. The third-order valence-electron chi connectivity index (χ3n) is 4.32. The van der Waals surface area contributed by atoms with E-state index in [0.29, 0.717) is 12.1 Å². The van der Waals surface area contributed by atoms with Crippen LogP contribution in [-0.4, -0.2) is 29.8 Å². The zero-order valence-electron chi connectivity index (χ0n) is 13.6. The molecule has 1 heterocycles. The molecule has 2 atom stereocenters. The summed E-state index contributed by atoms with van der Waals surface area (Å²) in [6.45, 7) is 0. The van der Waals surface area contributed by atoms with E-state index in [1.807, 2.05) is 5.32 Å². The first kappa shape index (κ1) is 20.2. The first-order chi connectivity index (χ1) is 13.0. The van der Waals surface area contributed by atoms with Crippen LogP contribution in [0.25, 0.3) is 0 Å². The number of carbonyl (C=O) groups excluding carboxylic acids is 1. The number of urea groups is 1. The van der Waals surface area contributed by atoms with Gasteiger partial charge < -0.3 is 5.32 Å². The molecule has 2 aromatic rings. The molecule has 0 spiro atoms. The van der Waals surface area contributed by atoms with Gasteiger partial charge in [-0.15, -0.1) is 0 Å². The molecule has 0 aromatic heterocycles. The van der Waals surface area contributed by atoms with Gasteiger partial charge in [0.05, 0.1) is 0 Å². The number of hydrogen-bond donors (Lipinski definition) is 1. The van der Waals surface area contributed by atoms with Gasteiger partial charge in [-0.05, 0) is 24.3 Å². The van der Waals surface area contributed by atoms with Gasteiger partial charge in [-0.1, -0.05) is 29.8 Å². The number of anilines is 1. The quantitative estimate of drug-likeness (QED) is 0.496. The van der Waals surface area contributed by atoms with Gasteiger partial charge in [-0.3, -0.25) is 4.90 Å². The fourth-order valence-corrected chi connectivity index (χ4v) is 3.44. The Labute approximate surface area is 158 Å². The van der Waals surface area contributed by atoms with Crippen molar-refractivity contribution in [2.24, 2.45) is 0 Å². The van der Waals surface area contributed by atoms with Crippen molar-refractivity contribution in [2.75, 3.05) is 5.32 Å². The Balaban J connectivity index is 2.51. The van der Waals surface area contributed by atoms with E-state index in [1.165, 1.54) is 0 Å². The van der Waals surface area contributed by atoms with Crippen molar-refractivity contribution in [2.45, 2.75) is 24.4 Å². The fourth-order valence-electron chi connectivity index (χ4n) is 3.26. The molecule has 2 amide bonds. The zero-order chi connectivity index (χ0) is 20.9. The van der Waals surface area contributed by atoms with Crippen LogP contribution in [0.4, 0.5) is 41.2 Å². The summed E-state index contributed by atoms with van der Waals surface area (Å²) in [5, 5.41) is 1.66. The summed E-state index contributed by atoms with van der Waals surface area (Å²) in [6, 6.07) is 4.42. The smallest absolute Gasteiger partial charge is 0.307 e. The van der Waals surface area contributed by atoms with Gasteiger partial charge >= 0.3 is 12.2 Å². The number of fused-ring (bicyclic) bond motifs is 1. The molecule has 1 aliphatic heterocycles. The highest BCUT2D eigenvalue weighted by Gasteiger charge is 2.68. The molecule has 1 aliphatic rings. The Kier molecular flexibility index (Phi) is 4.95. The van der Waals surface area contributed by atoms with E-state index in [1.54, 1.807) is 0 Å². The molecule has 0 radical (unpaired) electrons. The number of alkyl halides is 6. The minimum Gasteiger partial charge on any atom is -0.307 e. The second-order valence-corrected chi connectivity index (χ2v) is 6.32. The minimum atomic E-state index is -5.59. The highest BCUT2D eigenvalue weighted by Crippen LogP contribution is 2.55. The van der Waals surface area contributed by atoms with Crippen LogP contribution in [0.1, 0.15) is 11.1 Å². The van der Waals surface area contributed by atoms with Gasteiger partial charge in [-0.2, -0.15) is 13.2 Å². The van der Waals surface area contributed by atoms with Crippen LogP contribution < -0.4 is 5.32 Å². The molecular formula is C17H10ClF7N2O. The second-order valence-electron chi connectivity index (χ2n) is 5.89. The van der Waals surface area contributed by atoms with Crippen molar-refractivity contribution in [3.8, 4) is 0 Å². The number of hydrogen-bond acceptors (Lipinski definition) is 1. The Morgan fingerprint density at radius 1 is 1.04 bits per heavy atom. The Bertz CT molecular complexity index is 921. The number of halogens is 8. The van der Waals surface area contributed by atoms with E-state index in [4.69, 9.17) is 11.6 Å². The average Bonchev–Trinajstić information content (AvgIpc) is 2.60. The Morgan fingerprint density at radius 2 is 1.68 bits per heavy atom. The highest BCUT2D eigenvalue weighted by molar-refractivity contribution is 6.30. The van der Waals surface area contributed by atoms with E-state index < -0.39 is 58.0 Å². The fraction of sp³-hybridized carbons (Fsp3) is 0.235. The SMILES string of the molecule is O=C1Nc2ccc(Cl)cc2C(c2ccccc2F)(C(F)(F)F)N1C(F)C(F)F. The topological polar surface area (TPSA) is 32.3 Å². The van der Waals surface area contributed by atoms with Crippen LogP contribution >= 0.6 is 11.6 Å². The van der Waals surface area contributed by atoms with E-state index in [2.05, 4.69) is 0 Å². The lowest BCUT2D eigenvalue weighted by Gasteiger charge is -2.49. The standard InChI is InChI=1S/C17H10ClF7N2O/c18-8-5-6-12-10(7-8)16(17(23,24)25,9-3-1-2-4-11(9)19)27(15(28)26-12)14(22)13(20)21/h1-7,13-14H,(H,26,28). The molecule has 150 valence electrons. The summed E-state index contributed by atoms with van der Waals surface area (Å²) in [5.41, 5.74) is -6.45. The van der Waals surface area contributed by atoms with Crippen molar-refractivity contribution < 1.29 is 35.5 Å². The van der Waals surface area contributed by atoms with Crippen molar-refractivity contribution in [3.63, 3.8) is 0 Å². The molecule has 0 aliphatic carbocycles. The molecule has 2 unspecified atom stereocenters. The van der Waals surface area contributed by atoms with Gasteiger partial charge in [-0.25, -0.2) is 22.4 Å². The summed E-state index contributed by atoms with van der Waals surface area (Å²) in [7, 11) is 0. The van der Waals surface area contributed by atoms with Gasteiger partial charge in [0.25, 0.3) is 6.43 Å². The predicted molar refractivity (Wildman–Crippen MR) is 86.4 cm³/mol. The summed E-state index contributed by atoms with van der Waals surface area (Å²) in [6.07, 6.45) is -13.3. The van der Waals surface area contributed by atoms with Crippen LogP contribution in [-0.2, 0) is 5.54 Å². The molecule has 0 saturated heterocycles. The number of benzene rings is 2. The molecule has 3 rings (SSSR count). The number of nitrogens with zero attached hydrogens (tertiary/aromatic N) is 1. The van der Waals surface area contributed by atoms with Crippen LogP contribution in [0.3, 0.4) is 0 Å². The molecule has 3 nitrogen and oxygen atoms in total. The first-order valence-electron chi connectivity index (χ1n) is 7.66.